The van der Waals surface area contributed by atoms with Crippen LogP contribution >= 0.6 is 0 Å². The van der Waals surface area contributed by atoms with Crippen molar-refractivity contribution in [3.05, 3.63) is 24.2 Å². The fourth-order valence-electron chi connectivity index (χ4n) is 1.44. The maximum Gasteiger partial charge on any atom is 0.191 e. The lowest BCUT2D eigenvalue weighted by Crippen LogP contribution is -2.51. The van der Waals surface area contributed by atoms with Crippen LogP contribution in [0.2, 0.25) is 0 Å². The summed E-state index contributed by atoms with van der Waals surface area (Å²) in [6.45, 7) is 6.02. The van der Waals surface area contributed by atoms with Crippen molar-refractivity contribution in [2.75, 3.05) is 34.2 Å². The first kappa shape index (κ1) is 15.6. The van der Waals surface area contributed by atoms with Crippen LogP contribution in [-0.2, 0) is 6.42 Å². The lowest BCUT2D eigenvalue weighted by molar-refractivity contribution is 0.197. The molecule has 108 valence electrons. The van der Waals surface area contributed by atoms with Crippen molar-refractivity contribution in [3.8, 4) is 0 Å². The van der Waals surface area contributed by atoms with Crippen molar-refractivity contribution in [2.45, 2.75) is 25.8 Å². The van der Waals surface area contributed by atoms with Gasteiger partial charge < -0.3 is 20.0 Å². The lowest BCUT2D eigenvalue weighted by Gasteiger charge is -2.33. The van der Waals surface area contributed by atoms with Gasteiger partial charge in [0.2, 0.25) is 0 Å². The molecule has 0 aliphatic heterocycles. The Labute approximate surface area is 116 Å². The third-order valence-corrected chi connectivity index (χ3v) is 3.37. The van der Waals surface area contributed by atoms with E-state index in [4.69, 9.17) is 4.42 Å². The number of nitrogens with one attached hydrogen (secondary N) is 2. The summed E-state index contributed by atoms with van der Waals surface area (Å²) in [4.78, 5) is 6.41. The van der Waals surface area contributed by atoms with Crippen molar-refractivity contribution in [2.24, 2.45) is 4.99 Å². The monoisotopic (exact) mass is 266 g/mol. The van der Waals surface area contributed by atoms with Crippen LogP contribution in [0.1, 0.15) is 19.6 Å². The summed E-state index contributed by atoms with van der Waals surface area (Å²) in [7, 11) is 5.94. The van der Waals surface area contributed by atoms with Gasteiger partial charge in [-0.3, -0.25) is 4.99 Å². The molecule has 0 saturated heterocycles. The molecule has 1 rings (SSSR count). The van der Waals surface area contributed by atoms with Crippen LogP contribution in [0, 0.1) is 0 Å². The van der Waals surface area contributed by atoms with Crippen LogP contribution in [0.4, 0.5) is 0 Å². The Kier molecular flexibility index (Phi) is 5.89. The molecular formula is C14H26N4O. The van der Waals surface area contributed by atoms with Crippen molar-refractivity contribution < 1.29 is 4.42 Å². The van der Waals surface area contributed by atoms with E-state index in [0.29, 0.717) is 0 Å². The number of furan rings is 1. The average molecular weight is 266 g/mol. The van der Waals surface area contributed by atoms with Gasteiger partial charge in [0.25, 0.3) is 0 Å². The zero-order chi connectivity index (χ0) is 14.3. The number of guanidine groups is 1. The summed E-state index contributed by atoms with van der Waals surface area (Å²) in [5, 5.41) is 6.62. The highest BCUT2D eigenvalue weighted by Crippen LogP contribution is 2.07. The minimum atomic E-state index is 0.0820. The zero-order valence-corrected chi connectivity index (χ0v) is 12.7. The van der Waals surface area contributed by atoms with Gasteiger partial charge in [-0.15, -0.1) is 0 Å². The fourth-order valence-corrected chi connectivity index (χ4v) is 1.44. The highest BCUT2D eigenvalue weighted by atomic mass is 16.3. The molecule has 5 heteroatoms. The topological polar surface area (TPSA) is 52.8 Å². The summed E-state index contributed by atoms with van der Waals surface area (Å²) < 4.78 is 5.29. The first-order valence-electron chi connectivity index (χ1n) is 6.60. The second-order valence-corrected chi connectivity index (χ2v) is 5.39. The summed E-state index contributed by atoms with van der Waals surface area (Å²) in [6.07, 6.45) is 2.55. The molecule has 2 N–H and O–H groups in total. The predicted molar refractivity (Wildman–Crippen MR) is 79.5 cm³/mol. The Balaban J connectivity index is 2.30. The molecule has 1 heterocycles. The van der Waals surface area contributed by atoms with Gasteiger partial charge in [-0.1, -0.05) is 0 Å². The van der Waals surface area contributed by atoms with Crippen LogP contribution in [0.25, 0.3) is 0 Å². The standard InChI is InChI=1S/C14H26N4O/c1-14(2,18(4)5)11-17-13(15-3)16-9-8-12-7-6-10-19-12/h6-7,10H,8-9,11H2,1-5H3,(H2,15,16,17). The second kappa shape index (κ2) is 7.19. The van der Waals surface area contributed by atoms with E-state index in [2.05, 4.69) is 48.5 Å². The van der Waals surface area contributed by atoms with E-state index < -0.39 is 0 Å². The number of rotatable bonds is 6. The van der Waals surface area contributed by atoms with E-state index in [1.165, 1.54) is 0 Å². The largest absolute Gasteiger partial charge is 0.469 e. The number of nitrogens with zero attached hydrogens (tertiary/aromatic N) is 2. The predicted octanol–water partition coefficient (Wildman–Crippen LogP) is 1.33. The van der Waals surface area contributed by atoms with E-state index in [1.54, 1.807) is 13.3 Å². The molecule has 19 heavy (non-hydrogen) atoms. The highest BCUT2D eigenvalue weighted by molar-refractivity contribution is 5.79. The molecule has 0 bridgehead atoms. The molecule has 1 aromatic heterocycles. The van der Waals surface area contributed by atoms with E-state index in [9.17, 15) is 0 Å². The van der Waals surface area contributed by atoms with Crippen LogP contribution in [-0.4, -0.2) is 50.6 Å². The third-order valence-electron chi connectivity index (χ3n) is 3.37. The fraction of sp³-hybridized carbons (Fsp3) is 0.643. The van der Waals surface area contributed by atoms with Crippen LogP contribution in [0.15, 0.2) is 27.8 Å². The maximum atomic E-state index is 5.29. The maximum absolute atomic E-state index is 5.29. The van der Waals surface area contributed by atoms with E-state index in [1.807, 2.05) is 12.1 Å². The molecule has 0 radical (unpaired) electrons. The number of hydrogen-bond acceptors (Lipinski definition) is 3. The molecule has 0 atom stereocenters. The Morgan fingerprint density at radius 3 is 2.63 bits per heavy atom. The summed E-state index contributed by atoms with van der Waals surface area (Å²) in [5.74, 6) is 1.80. The van der Waals surface area contributed by atoms with Crippen LogP contribution in [0.3, 0.4) is 0 Å². The first-order chi connectivity index (χ1) is 8.95. The molecule has 0 spiro atoms. The summed E-state index contributed by atoms with van der Waals surface area (Å²) in [5.41, 5.74) is 0.0820. The Hall–Kier alpha value is -1.49. The average Bonchev–Trinajstić information content (AvgIpc) is 2.86. The van der Waals surface area contributed by atoms with Gasteiger partial charge >= 0.3 is 0 Å². The molecule has 1 aromatic rings. The number of aliphatic imine (C=N–C) groups is 1. The van der Waals surface area contributed by atoms with Gasteiger partial charge in [-0.2, -0.15) is 0 Å². The second-order valence-electron chi connectivity index (χ2n) is 5.39. The van der Waals surface area contributed by atoms with Crippen molar-refractivity contribution in [3.63, 3.8) is 0 Å². The molecule has 0 fully saturated rings. The van der Waals surface area contributed by atoms with Crippen molar-refractivity contribution in [1.82, 2.24) is 15.5 Å². The zero-order valence-electron chi connectivity index (χ0n) is 12.7. The van der Waals surface area contributed by atoms with Crippen molar-refractivity contribution in [1.29, 1.82) is 0 Å². The lowest BCUT2D eigenvalue weighted by atomic mass is 10.0. The summed E-state index contributed by atoms with van der Waals surface area (Å²) in [6, 6.07) is 3.88. The normalized spacial score (nSPS) is 12.8. The molecule has 0 unspecified atom stereocenters. The van der Waals surface area contributed by atoms with E-state index >= 15 is 0 Å². The minimum absolute atomic E-state index is 0.0820. The SMILES string of the molecule is CN=C(NCCc1ccco1)NCC(C)(C)N(C)C. The molecule has 0 saturated carbocycles. The molecular weight excluding hydrogens is 240 g/mol. The molecule has 5 nitrogen and oxygen atoms in total. The van der Waals surface area contributed by atoms with Gasteiger partial charge in [0.1, 0.15) is 5.76 Å². The van der Waals surface area contributed by atoms with Crippen molar-refractivity contribution >= 4 is 5.96 Å². The number of hydrogen-bond donors (Lipinski definition) is 2. The molecule has 0 aromatic carbocycles. The van der Waals surface area contributed by atoms with Crippen LogP contribution in [0.5, 0.6) is 0 Å². The van der Waals surface area contributed by atoms with Gasteiger partial charge in [0.05, 0.1) is 6.26 Å². The van der Waals surface area contributed by atoms with Gasteiger partial charge in [-0.05, 0) is 40.1 Å². The highest BCUT2D eigenvalue weighted by Gasteiger charge is 2.20. The minimum Gasteiger partial charge on any atom is -0.469 e. The van der Waals surface area contributed by atoms with E-state index in [-0.39, 0.29) is 5.54 Å². The Morgan fingerprint density at radius 1 is 1.37 bits per heavy atom. The Bertz CT molecular complexity index is 382. The van der Waals surface area contributed by atoms with Crippen LogP contribution < -0.4 is 10.6 Å². The quantitative estimate of drug-likeness (QED) is 0.602. The van der Waals surface area contributed by atoms with E-state index in [0.717, 1.165) is 31.2 Å². The molecule has 0 amide bonds. The number of likely N-dealkylation sites (N-methyl/N-ethyl adjacent to an activating group) is 1. The molecule has 0 aliphatic rings. The summed E-state index contributed by atoms with van der Waals surface area (Å²) >= 11 is 0. The Morgan fingerprint density at radius 2 is 2.11 bits per heavy atom. The van der Waals surface area contributed by atoms with Gasteiger partial charge in [0.15, 0.2) is 5.96 Å². The van der Waals surface area contributed by atoms with Gasteiger partial charge in [0, 0.05) is 32.1 Å². The smallest absolute Gasteiger partial charge is 0.191 e. The third kappa shape index (κ3) is 5.34. The molecule has 0 aliphatic carbocycles. The first-order valence-corrected chi connectivity index (χ1v) is 6.60. The van der Waals surface area contributed by atoms with Gasteiger partial charge in [-0.25, -0.2) is 0 Å².